The fourth-order valence-electron chi connectivity index (χ4n) is 1.55. The molecule has 5 nitrogen and oxygen atoms in total. The Morgan fingerprint density at radius 1 is 1.33 bits per heavy atom. The smallest absolute Gasteiger partial charge is 0.256 e. The van der Waals surface area contributed by atoms with Gasteiger partial charge < -0.3 is 16.2 Å². The normalized spacial score (nSPS) is 10.1. The number of phenols is 1. The van der Waals surface area contributed by atoms with Crippen LogP contribution in [0.15, 0.2) is 36.5 Å². The average Bonchev–Trinajstić information content (AvgIpc) is 2.35. The van der Waals surface area contributed by atoms with E-state index in [2.05, 4.69) is 10.3 Å². The van der Waals surface area contributed by atoms with Crippen molar-refractivity contribution in [1.29, 1.82) is 0 Å². The number of hydrogen-bond acceptors (Lipinski definition) is 4. The van der Waals surface area contributed by atoms with Gasteiger partial charge in [-0.15, -0.1) is 0 Å². The molecule has 0 aliphatic carbocycles. The Labute approximate surface area is 104 Å². The summed E-state index contributed by atoms with van der Waals surface area (Å²) in [6, 6.07) is 8.08. The van der Waals surface area contributed by atoms with Crippen molar-refractivity contribution in [2.24, 2.45) is 0 Å². The van der Waals surface area contributed by atoms with Gasteiger partial charge in [0.05, 0.1) is 11.9 Å². The van der Waals surface area contributed by atoms with Crippen LogP contribution in [0, 0.1) is 6.92 Å². The number of carbonyl (C=O) groups is 1. The molecular formula is C13H13N3O2. The molecule has 92 valence electrons. The number of aromatic hydroxyl groups is 1. The zero-order valence-electron chi connectivity index (χ0n) is 9.84. The number of phenolic OH excluding ortho intramolecular Hbond substituents is 1. The summed E-state index contributed by atoms with van der Waals surface area (Å²) in [6.45, 7) is 1.69. The van der Waals surface area contributed by atoms with Crippen LogP contribution in [0.4, 0.5) is 11.5 Å². The quantitative estimate of drug-likeness (QED) is 0.752. The lowest BCUT2D eigenvalue weighted by atomic mass is 10.1. The van der Waals surface area contributed by atoms with Crippen LogP contribution < -0.4 is 11.1 Å². The van der Waals surface area contributed by atoms with Crippen molar-refractivity contribution in [2.45, 2.75) is 6.92 Å². The number of nitrogen functional groups attached to an aromatic ring is 1. The van der Waals surface area contributed by atoms with Gasteiger partial charge in [-0.3, -0.25) is 4.79 Å². The summed E-state index contributed by atoms with van der Waals surface area (Å²) < 4.78 is 0. The van der Waals surface area contributed by atoms with Crippen LogP contribution in [-0.2, 0) is 0 Å². The zero-order chi connectivity index (χ0) is 13.1. The number of benzene rings is 1. The Kier molecular flexibility index (Phi) is 3.14. The topological polar surface area (TPSA) is 88.2 Å². The van der Waals surface area contributed by atoms with Gasteiger partial charge in [-0.05, 0) is 31.2 Å². The summed E-state index contributed by atoms with van der Waals surface area (Å²) in [6.07, 6.45) is 1.48. The van der Waals surface area contributed by atoms with Crippen molar-refractivity contribution in [1.82, 2.24) is 4.98 Å². The molecule has 2 rings (SSSR count). The van der Waals surface area contributed by atoms with Gasteiger partial charge in [-0.25, -0.2) is 4.98 Å². The highest BCUT2D eigenvalue weighted by molar-refractivity contribution is 6.05. The molecule has 0 atom stereocenters. The van der Waals surface area contributed by atoms with E-state index in [1.165, 1.54) is 12.3 Å². The van der Waals surface area contributed by atoms with Gasteiger partial charge in [-0.1, -0.05) is 6.07 Å². The van der Waals surface area contributed by atoms with Crippen LogP contribution in [0.5, 0.6) is 5.75 Å². The van der Waals surface area contributed by atoms with Crippen LogP contribution in [0.2, 0.25) is 0 Å². The van der Waals surface area contributed by atoms with Crippen molar-refractivity contribution in [3.05, 3.63) is 47.7 Å². The van der Waals surface area contributed by atoms with E-state index in [1.54, 1.807) is 31.2 Å². The molecular weight excluding hydrogens is 230 g/mol. The minimum Gasteiger partial charge on any atom is -0.508 e. The third-order valence-corrected chi connectivity index (χ3v) is 2.59. The minimum absolute atomic E-state index is 0.0954. The van der Waals surface area contributed by atoms with Gasteiger partial charge in [0.15, 0.2) is 0 Å². The number of nitrogens with two attached hydrogens (primary N) is 1. The predicted octanol–water partition coefficient (Wildman–Crippen LogP) is 1.93. The minimum atomic E-state index is -0.296. The molecule has 0 unspecified atom stereocenters. The molecule has 5 heteroatoms. The first-order valence-electron chi connectivity index (χ1n) is 5.39. The first-order chi connectivity index (χ1) is 8.58. The standard InChI is InChI=1S/C13H13N3O2/c1-8-10(3-2-4-11(8)17)13(18)16-9-5-6-12(14)15-7-9/h2-7,17H,1H3,(H2,14,15)(H,16,18). The van der Waals surface area contributed by atoms with Gasteiger partial charge in [0.1, 0.15) is 11.6 Å². The maximum atomic E-state index is 12.0. The highest BCUT2D eigenvalue weighted by atomic mass is 16.3. The molecule has 0 fully saturated rings. The van der Waals surface area contributed by atoms with E-state index in [1.807, 2.05) is 0 Å². The highest BCUT2D eigenvalue weighted by Gasteiger charge is 2.11. The van der Waals surface area contributed by atoms with E-state index < -0.39 is 0 Å². The molecule has 0 radical (unpaired) electrons. The van der Waals surface area contributed by atoms with Gasteiger partial charge in [0.2, 0.25) is 0 Å². The van der Waals surface area contributed by atoms with E-state index in [-0.39, 0.29) is 11.7 Å². The first kappa shape index (κ1) is 11.9. The van der Waals surface area contributed by atoms with E-state index in [4.69, 9.17) is 5.73 Å². The highest BCUT2D eigenvalue weighted by Crippen LogP contribution is 2.20. The lowest BCUT2D eigenvalue weighted by Gasteiger charge is -2.08. The maximum absolute atomic E-state index is 12.0. The Morgan fingerprint density at radius 3 is 2.78 bits per heavy atom. The van der Waals surface area contributed by atoms with E-state index in [9.17, 15) is 9.90 Å². The summed E-state index contributed by atoms with van der Waals surface area (Å²) in [5.41, 5.74) is 6.97. The Hall–Kier alpha value is -2.56. The summed E-state index contributed by atoms with van der Waals surface area (Å²) in [5.74, 6) is 0.189. The van der Waals surface area contributed by atoms with Crippen molar-refractivity contribution in [3.8, 4) is 5.75 Å². The number of hydrogen-bond donors (Lipinski definition) is 3. The monoisotopic (exact) mass is 243 g/mol. The second kappa shape index (κ2) is 4.75. The van der Waals surface area contributed by atoms with Gasteiger partial charge >= 0.3 is 0 Å². The summed E-state index contributed by atoms with van der Waals surface area (Å²) in [7, 11) is 0. The molecule has 1 aromatic heterocycles. The van der Waals surface area contributed by atoms with Crippen molar-refractivity contribution < 1.29 is 9.90 Å². The third-order valence-electron chi connectivity index (χ3n) is 2.59. The molecule has 0 saturated heterocycles. The number of aromatic nitrogens is 1. The summed E-state index contributed by atoms with van der Waals surface area (Å²) in [5, 5.41) is 12.2. The van der Waals surface area contributed by atoms with Crippen LogP contribution in [0.1, 0.15) is 15.9 Å². The lowest BCUT2D eigenvalue weighted by molar-refractivity contribution is 0.102. The van der Waals surface area contributed by atoms with Crippen LogP contribution in [0.25, 0.3) is 0 Å². The summed E-state index contributed by atoms with van der Waals surface area (Å²) >= 11 is 0. The van der Waals surface area contributed by atoms with E-state index in [0.717, 1.165) is 0 Å². The second-order valence-electron chi connectivity index (χ2n) is 3.88. The molecule has 2 aromatic rings. The maximum Gasteiger partial charge on any atom is 0.256 e. The van der Waals surface area contributed by atoms with Crippen LogP contribution in [-0.4, -0.2) is 16.0 Å². The Balaban J connectivity index is 2.22. The van der Waals surface area contributed by atoms with Gasteiger partial charge in [0, 0.05) is 11.1 Å². The first-order valence-corrected chi connectivity index (χ1v) is 5.39. The number of nitrogens with zero attached hydrogens (tertiary/aromatic N) is 1. The largest absolute Gasteiger partial charge is 0.508 e. The van der Waals surface area contributed by atoms with Gasteiger partial charge in [-0.2, -0.15) is 0 Å². The number of amides is 1. The number of carbonyl (C=O) groups excluding carboxylic acids is 1. The fourth-order valence-corrected chi connectivity index (χ4v) is 1.55. The second-order valence-corrected chi connectivity index (χ2v) is 3.88. The molecule has 1 heterocycles. The van der Waals surface area contributed by atoms with Crippen LogP contribution >= 0.6 is 0 Å². The molecule has 0 saturated carbocycles. The fraction of sp³-hybridized carbons (Fsp3) is 0.0769. The Morgan fingerprint density at radius 2 is 2.11 bits per heavy atom. The average molecular weight is 243 g/mol. The summed E-state index contributed by atoms with van der Waals surface area (Å²) in [4.78, 5) is 15.9. The van der Waals surface area contributed by atoms with Crippen molar-refractivity contribution >= 4 is 17.4 Å². The predicted molar refractivity (Wildman–Crippen MR) is 69.4 cm³/mol. The molecule has 18 heavy (non-hydrogen) atoms. The van der Waals surface area contributed by atoms with E-state index in [0.29, 0.717) is 22.6 Å². The molecule has 1 amide bonds. The molecule has 4 N–H and O–H groups in total. The third kappa shape index (κ3) is 2.40. The van der Waals surface area contributed by atoms with E-state index >= 15 is 0 Å². The number of nitrogens with one attached hydrogen (secondary N) is 1. The zero-order valence-corrected chi connectivity index (χ0v) is 9.84. The van der Waals surface area contributed by atoms with Crippen LogP contribution in [0.3, 0.4) is 0 Å². The SMILES string of the molecule is Cc1c(O)cccc1C(=O)Nc1ccc(N)nc1. The molecule has 0 aliphatic rings. The molecule has 0 aliphatic heterocycles. The molecule has 1 aromatic carbocycles. The van der Waals surface area contributed by atoms with Crippen molar-refractivity contribution in [3.63, 3.8) is 0 Å². The number of rotatable bonds is 2. The van der Waals surface area contributed by atoms with Gasteiger partial charge in [0.25, 0.3) is 5.91 Å². The number of pyridine rings is 1. The number of anilines is 2. The lowest BCUT2D eigenvalue weighted by Crippen LogP contribution is -2.13. The van der Waals surface area contributed by atoms with Crippen molar-refractivity contribution in [2.75, 3.05) is 11.1 Å². The Bertz CT molecular complexity index is 579. The molecule has 0 spiro atoms. The molecule has 0 bridgehead atoms.